The first-order chi connectivity index (χ1) is 12.3. The van der Waals surface area contributed by atoms with Crippen molar-refractivity contribution in [2.45, 2.75) is 51.1 Å². The number of likely N-dealkylation sites (tertiary alicyclic amines) is 1. The molecule has 5 heteroatoms. The largest absolute Gasteiger partial charge is 0.370 e. The van der Waals surface area contributed by atoms with E-state index in [0.717, 1.165) is 57.7 Å². The van der Waals surface area contributed by atoms with Crippen LogP contribution in [0.1, 0.15) is 39.0 Å². The number of benzene rings is 1. The van der Waals surface area contributed by atoms with Crippen molar-refractivity contribution >= 4 is 17.4 Å². The van der Waals surface area contributed by atoms with Gasteiger partial charge in [-0.2, -0.15) is 0 Å². The van der Waals surface area contributed by atoms with Gasteiger partial charge in [0.25, 0.3) is 0 Å². The molecule has 3 saturated heterocycles. The number of para-hydroxylation sites is 2. The van der Waals surface area contributed by atoms with Crippen molar-refractivity contribution in [2.75, 3.05) is 42.9 Å². The van der Waals surface area contributed by atoms with E-state index in [1.807, 2.05) is 12.1 Å². The number of urea groups is 1. The molecule has 3 fully saturated rings. The van der Waals surface area contributed by atoms with E-state index in [4.69, 9.17) is 0 Å². The second kappa shape index (κ2) is 7.24. The molecule has 3 aliphatic rings. The Balaban J connectivity index is 1.51. The molecule has 2 atom stereocenters. The van der Waals surface area contributed by atoms with E-state index >= 15 is 0 Å². The van der Waals surface area contributed by atoms with E-state index < -0.39 is 0 Å². The molecule has 0 saturated carbocycles. The van der Waals surface area contributed by atoms with Crippen LogP contribution in [-0.2, 0) is 0 Å². The monoisotopic (exact) mass is 342 g/mol. The lowest BCUT2D eigenvalue weighted by Crippen LogP contribution is -2.45. The predicted molar refractivity (Wildman–Crippen MR) is 102 cm³/mol. The highest BCUT2D eigenvalue weighted by atomic mass is 16.2. The number of carbonyl (C=O) groups excluding carboxylic acids is 1. The van der Waals surface area contributed by atoms with E-state index in [0.29, 0.717) is 12.1 Å². The molecule has 5 nitrogen and oxygen atoms in total. The molecular formula is C20H30N4O. The van der Waals surface area contributed by atoms with Crippen LogP contribution in [-0.4, -0.2) is 60.6 Å². The maximum absolute atomic E-state index is 13.1. The minimum absolute atomic E-state index is 0.0945. The summed E-state index contributed by atoms with van der Waals surface area (Å²) in [5, 5.41) is 3.25. The van der Waals surface area contributed by atoms with Crippen molar-refractivity contribution in [1.82, 2.24) is 9.80 Å². The first kappa shape index (κ1) is 16.7. The lowest BCUT2D eigenvalue weighted by Gasteiger charge is -2.30. The molecule has 3 aliphatic heterocycles. The van der Waals surface area contributed by atoms with Crippen LogP contribution >= 0.6 is 0 Å². The van der Waals surface area contributed by atoms with Gasteiger partial charge in [-0.25, -0.2) is 4.79 Å². The average Bonchev–Trinajstić information content (AvgIpc) is 3.23. The molecule has 1 N–H and O–H groups in total. The van der Waals surface area contributed by atoms with Crippen LogP contribution < -0.4 is 10.2 Å². The first-order valence-electron chi connectivity index (χ1n) is 9.92. The fourth-order valence-corrected chi connectivity index (χ4v) is 4.76. The number of rotatable bonds is 3. The molecule has 0 aliphatic carbocycles. The molecule has 0 radical (unpaired) electrons. The summed E-state index contributed by atoms with van der Waals surface area (Å²) in [6.45, 7) is 7.62. The Kier molecular flexibility index (Phi) is 4.84. The summed E-state index contributed by atoms with van der Waals surface area (Å²) in [6, 6.07) is 9.13. The number of amides is 2. The third kappa shape index (κ3) is 3.34. The van der Waals surface area contributed by atoms with Crippen LogP contribution in [0.3, 0.4) is 0 Å². The van der Waals surface area contributed by atoms with Crippen LogP contribution in [0, 0.1) is 0 Å². The summed E-state index contributed by atoms with van der Waals surface area (Å²) >= 11 is 0. The van der Waals surface area contributed by atoms with Gasteiger partial charge in [-0.3, -0.25) is 0 Å². The number of carbonyl (C=O) groups is 1. The van der Waals surface area contributed by atoms with Crippen LogP contribution in [0.5, 0.6) is 0 Å². The van der Waals surface area contributed by atoms with Crippen LogP contribution in [0.4, 0.5) is 16.2 Å². The minimum atomic E-state index is 0.0945. The van der Waals surface area contributed by atoms with Crippen molar-refractivity contribution < 1.29 is 4.79 Å². The molecule has 136 valence electrons. The average molecular weight is 342 g/mol. The summed E-state index contributed by atoms with van der Waals surface area (Å²) in [5.74, 6) is 0. The van der Waals surface area contributed by atoms with Crippen molar-refractivity contribution in [2.24, 2.45) is 0 Å². The topological polar surface area (TPSA) is 38.8 Å². The summed E-state index contributed by atoms with van der Waals surface area (Å²) in [6.07, 6.45) is 5.88. The fraction of sp³-hybridized carbons (Fsp3) is 0.650. The molecule has 1 aromatic carbocycles. The number of fused-ring (bicyclic) bond motifs is 2. The zero-order valence-corrected chi connectivity index (χ0v) is 15.3. The molecule has 2 bridgehead atoms. The Labute approximate surface area is 151 Å². The first-order valence-corrected chi connectivity index (χ1v) is 9.92. The summed E-state index contributed by atoms with van der Waals surface area (Å²) in [5.41, 5.74) is 2.14. The number of likely N-dealkylation sites (N-methyl/N-ethyl adjacent to an activating group) is 1. The van der Waals surface area contributed by atoms with Gasteiger partial charge in [0.2, 0.25) is 0 Å². The van der Waals surface area contributed by atoms with Crippen molar-refractivity contribution in [3.05, 3.63) is 24.3 Å². The van der Waals surface area contributed by atoms with Crippen molar-refractivity contribution in [3.8, 4) is 0 Å². The van der Waals surface area contributed by atoms with E-state index in [-0.39, 0.29) is 6.03 Å². The van der Waals surface area contributed by atoms with Crippen molar-refractivity contribution in [1.29, 1.82) is 0 Å². The number of hydrogen-bond acceptors (Lipinski definition) is 3. The SMILES string of the molecule is CCN1CC[C@H]2CC[C@@H](C1)N2C(=O)Nc1ccccc1N1CCCC1. The van der Waals surface area contributed by atoms with Crippen molar-refractivity contribution in [3.63, 3.8) is 0 Å². The molecule has 2 amide bonds. The van der Waals surface area contributed by atoms with Gasteiger partial charge in [0.15, 0.2) is 0 Å². The Morgan fingerprint density at radius 3 is 2.64 bits per heavy atom. The van der Waals surface area contributed by atoms with E-state index in [1.54, 1.807) is 0 Å². The van der Waals surface area contributed by atoms with E-state index in [2.05, 4.69) is 39.1 Å². The molecule has 4 rings (SSSR count). The molecule has 3 heterocycles. The van der Waals surface area contributed by atoms with Gasteiger partial charge < -0.3 is 20.0 Å². The summed E-state index contributed by atoms with van der Waals surface area (Å²) in [7, 11) is 0. The quantitative estimate of drug-likeness (QED) is 0.915. The van der Waals surface area contributed by atoms with Crippen LogP contribution in [0.25, 0.3) is 0 Å². The summed E-state index contributed by atoms with van der Waals surface area (Å²) < 4.78 is 0. The Bertz CT molecular complexity index is 613. The lowest BCUT2D eigenvalue weighted by molar-refractivity contribution is 0.184. The molecule has 25 heavy (non-hydrogen) atoms. The molecule has 0 spiro atoms. The summed E-state index contributed by atoms with van der Waals surface area (Å²) in [4.78, 5) is 20.2. The molecule has 0 aromatic heterocycles. The number of nitrogens with zero attached hydrogens (tertiary/aromatic N) is 3. The molecular weight excluding hydrogens is 312 g/mol. The van der Waals surface area contributed by atoms with Gasteiger partial charge in [-0.15, -0.1) is 0 Å². The Morgan fingerprint density at radius 2 is 1.84 bits per heavy atom. The third-order valence-electron chi connectivity index (χ3n) is 6.14. The maximum Gasteiger partial charge on any atom is 0.322 e. The Hall–Kier alpha value is -1.75. The number of hydrogen-bond donors (Lipinski definition) is 1. The van der Waals surface area contributed by atoms with Gasteiger partial charge in [0, 0.05) is 38.3 Å². The predicted octanol–water partition coefficient (Wildman–Crippen LogP) is 3.38. The van der Waals surface area contributed by atoms with Gasteiger partial charge in [-0.05, 0) is 50.8 Å². The zero-order valence-electron chi connectivity index (χ0n) is 15.3. The van der Waals surface area contributed by atoms with Gasteiger partial charge in [0.05, 0.1) is 11.4 Å². The lowest BCUT2D eigenvalue weighted by atomic mass is 10.1. The highest BCUT2D eigenvalue weighted by Gasteiger charge is 2.40. The third-order valence-corrected chi connectivity index (χ3v) is 6.14. The second-order valence-corrected chi connectivity index (χ2v) is 7.62. The van der Waals surface area contributed by atoms with Gasteiger partial charge in [-0.1, -0.05) is 19.1 Å². The maximum atomic E-state index is 13.1. The Morgan fingerprint density at radius 1 is 1.08 bits per heavy atom. The van der Waals surface area contributed by atoms with E-state index in [1.165, 1.54) is 18.5 Å². The smallest absolute Gasteiger partial charge is 0.322 e. The highest BCUT2D eigenvalue weighted by Crippen LogP contribution is 2.33. The number of nitrogens with one attached hydrogen (secondary N) is 1. The van der Waals surface area contributed by atoms with Gasteiger partial charge >= 0.3 is 6.03 Å². The molecule has 1 aromatic rings. The minimum Gasteiger partial charge on any atom is -0.370 e. The number of anilines is 2. The molecule has 0 unspecified atom stereocenters. The van der Waals surface area contributed by atoms with Crippen LogP contribution in [0.15, 0.2) is 24.3 Å². The second-order valence-electron chi connectivity index (χ2n) is 7.62. The van der Waals surface area contributed by atoms with E-state index in [9.17, 15) is 4.79 Å². The fourth-order valence-electron chi connectivity index (χ4n) is 4.76. The normalized spacial score (nSPS) is 26.8. The zero-order chi connectivity index (χ0) is 17.2. The standard InChI is InChI=1S/C20H30N4O/c1-2-22-14-11-16-9-10-17(15-22)24(16)20(25)21-18-7-3-4-8-19(18)23-12-5-6-13-23/h3-4,7-8,16-17H,2,5-6,9-15H2,1H3,(H,21,25)/t16-,17+/m1/s1. The van der Waals surface area contributed by atoms with Gasteiger partial charge in [0.1, 0.15) is 0 Å². The van der Waals surface area contributed by atoms with Crippen LogP contribution in [0.2, 0.25) is 0 Å². The highest BCUT2D eigenvalue weighted by molar-refractivity contribution is 5.93.